The third-order valence-electron chi connectivity index (χ3n) is 5.37. The zero-order valence-electron chi connectivity index (χ0n) is 16.0. The van der Waals surface area contributed by atoms with E-state index in [0.717, 1.165) is 5.56 Å². The smallest absolute Gasteiger partial charge is 0.269 e. The summed E-state index contributed by atoms with van der Waals surface area (Å²) in [4.78, 5) is 38.9. The van der Waals surface area contributed by atoms with Gasteiger partial charge in [0.2, 0.25) is 0 Å². The first-order valence-corrected chi connectivity index (χ1v) is 9.47. The molecule has 150 valence electrons. The van der Waals surface area contributed by atoms with Crippen LogP contribution in [0.5, 0.6) is 0 Å². The van der Waals surface area contributed by atoms with Crippen LogP contribution in [0.3, 0.4) is 0 Å². The number of para-hydroxylation sites is 2. The summed E-state index contributed by atoms with van der Waals surface area (Å²) in [6.45, 7) is 0. The molecule has 1 heterocycles. The maximum absolute atomic E-state index is 13.7. The van der Waals surface area contributed by atoms with E-state index in [1.807, 2.05) is 42.5 Å². The van der Waals surface area contributed by atoms with Crippen molar-refractivity contribution in [3.63, 3.8) is 0 Å². The van der Waals surface area contributed by atoms with Crippen molar-refractivity contribution in [2.45, 2.75) is 18.4 Å². The SMILES string of the molecule is NC1(C(=O)c2ccc([N+](=O)[O-])cc2)CCc2ccccc2N(c2ccccc2)C1=O. The van der Waals surface area contributed by atoms with E-state index in [9.17, 15) is 19.7 Å². The third-order valence-corrected chi connectivity index (χ3v) is 5.37. The summed E-state index contributed by atoms with van der Waals surface area (Å²) in [6.07, 6.45) is 0.572. The molecule has 0 bridgehead atoms. The first kappa shape index (κ1) is 19.5. The molecule has 2 N–H and O–H groups in total. The number of nitrogens with zero attached hydrogens (tertiary/aromatic N) is 2. The van der Waals surface area contributed by atoms with Gasteiger partial charge in [0.25, 0.3) is 11.6 Å². The number of anilines is 2. The molecule has 0 saturated heterocycles. The molecule has 0 aliphatic carbocycles. The van der Waals surface area contributed by atoms with E-state index in [2.05, 4.69) is 0 Å². The minimum atomic E-state index is -1.80. The monoisotopic (exact) mass is 401 g/mol. The van der Waals surface area contributed by atoms with Crippen LogP contribution in [0.25, 0.3) is 0 Å². The van der Waals surface area contributed by atoms with Crippen LogP contribution in [-0.4, -0.2) is 22.2 Å². The van der Waals surface area contributed by atoms with Crippen LogP contribution in [0, 0.1) is 10.1 Å². The van der Waals surface area contributed by atoms with Gasteiger partial charge in [0.1, 0.15) is 0 Å². The highest BCUT2D eigenvalue weighted by molar-refractivity contribution is 6.24. The number of carbonyl (C=O) groups excluding carboxylic acids is 2. The molecular formula is C23H19N3O4. The van der Waals surface area contributed by atoms with Gasteiger partial charge in [0.05, 0.1) is 10.6 Å². The van der Waals surface area contributed by atoms with Gasteiger partial charge in [-0.2, -0.15) is 0 Å². The summed E-state index contributed by atoms with van der Waals surface area (Å²) in [5, 5.41) is 10.9. The fourth-order valence-electron chi connectivity index (χ4n) is 3.72. The molecule has 30 heavy (non-hydrogen) atoms. The fraction of sp³-hybridized carbons (Fsp3) is 0.130. The van der Waals surface area contributed by atoms with Crippen LogP contribution in [0.2, 0.25) is 0 Å². The van der Waals surface area contributed by atoms with Gasteiger partial charge >= 0.3 is 0 Å². The highest BCUT2D eigenvalue weighted by Crippen LogP contribution is 2.37. The Morgan fingerprint density at radius 2 is 1.60 bits per heavy atom. The standard InChI is InChI=1S/C23H19N3O4/c24-23(21(27)17-10-12-19(13-11-17)26(29)30)15-14-16-6-4-5-9-20(16)25(22(23)28)18-7-2-1-3-8-18/h1-13H,14-15,24H2. The van der Waals surface area contributed by atoms with Crippen LogP contribution in [0.15, 0.2) is 78.9 Å². The Morgan fingerprint density at radius 3 is 2.27 bits per heavy atom. The Balaban J connectivity index is 1.80. The lowest BCUT2D eigenvalue weighted by Gasteiger charge is -2.31. The van der Waals surface area contributed by atoms with Crippen LogP contribution in [0.4, 0.5) is 17.1 Å². The molecule has 1 amide bonds. The lowest BCUT2D eigenvalue weighted by molar-refractivity contribution is -0.384. The van der Waals surface area contributed by atoms with Gasteiger partial charge in [0, 0.05) is 23.4 Å². The number of non-ortho nitro benzene ring substituents is 1. The summed E-state index contributed by atoms with van der Waals surface area (Å²) in [7, 11) is 0. The summed E-state index contributed by atoms with van der Waals surface area (Å²) in [6, 6.07) is 21.7. The van der Waals surface area contributed by atoms with Gasteiger partial charge in [-0.1, -0.05) is 36.4 Å². The Labute approximate surface area is 172 Å². The van der Waals surface area contributed by atoms with Crippen LogP contribution < -0.4 is 10.6 Å². The third kappa shape index (κ3) is 3.25. The molecule has 0 aromatic heterocycles. The first-order chi connectivity index (χ1) is 14.4. The number of nitro groups is 1. The van der Waals surface area contributed by atoms with Crippen LogP contribution in [0.1, 0.15) is 22.3 Å². The number of ketones is 1. The highest BCUT2D eigenvalue weighted by atomic mass is 16.6. The van der Waals surface area contributed by atoms with E-state index in [4.69, 9.17) is 5.73 Å². The van der Waals surface area contributed by atoms with E-state index >= 15 is 0 Å². The highest BCUT2D eigenvalue weighted by Gasteiger charge is 2.47. The average molecular weight is 401 g/mol. The lowest BCUT2D eigenvalue weighted by atomic mass is 9.84. The Kier molecular flexibility index (Phi) is 4.89. The fourth-order valence-corrected chi connectivity index (χ4v) is 3.72. The number of hydrogen-bond acceptors (Lipinski definition) is 5. The molecule has 1 aliphatic heterocycles. The normalized spacial score (nSPS) is 18.4. The average Bonchev–Trinajstić information content (AvgIpc) is 2.89. The number of nitro benzene ring substituents is 1. The van der Waals surface area contributed by atoms with E-state index in [-0.39, 0.29) is 17.7 Å². The molecule has 7 heteroatoms. The Hall–Kier alpha value is -3.84. The molecule has 0 fully saturated rings. The number of aryl methyl sites for hydroxylation is 1. The number of fused-ring (bicyclic) bond motifs is 1. The quantitative estimate of drug-likeness (QED) is 0.310. The van der Waals surface area contributed by atoms with Gasteiger partial charge in [0.15, 0.2) is 11.3 Å². The molecule has 7 nitrogen and oxygen atoms in total. The van der Waals surface area contributed by atoms with Crippen molar-refractivity contribution < 1.29 is 14.5 Å². The summed E-state index contributed by atoms with van der Waals surface area (Å²) < 4.78 is 0. The number of hydrogen-bond donors (Lipinski definition) is 1. The zero-order chi connectivity index (χ0) is 21.3. The van der Waals surface area contributed by atoms with Crippen molar-refractivity contribution in [2.75, 3.05) is 4.90 Å². The Bertz CT molecular complexity index is 1130. The summed E-state index contributed by atoms with van der Waals surface area (Å²) in [5.74, 6) is -1.09. The van der Waals surface area contributed by atoms with Crippen molar-refractivity contribution in [1.29, 1.82) is 0 Å². The molecule has 3 aromatic rings. The number of carbonyl (C=O) groups is 2. The molecule has 1 unspecified atom stereocenters. The van der Waals surface area contributed by atoms with Crippen LogP contribution in [-0.2, 0) is 11.2 Å². The van der Waals surface area contributed by atoms with Crippen molar-refractivity contribution in [1.82, 2.24) is 0 Å². The second-order valence-electron chi connectivity index (χ2n) is 7.21. The maximum Gasteiger partial charge on any atom is 0.269 e. The Morgan fingerprint density at radius 1 is 0.967 bits per heavy atom. The van der Waals surface area contributed by atoms with E-state index in [0.29, 0.717) is 17.8 Å². The molecule has 1 atom stereocenters. The molecule has 1 aliphatic rings. The molecule has 3 aromatic carbocycles. The first-order valence-electron chi connectivity index (χ1n) is 9.47. The van der Waals surface area contributed by atoms with Crippen molar-refractivity contribution >= 4 is 28.8 Å². The maximum atomic E-state index is 13.7. The van der Waals surface area contributed by atoms with Crippen molar-refractivity contribution in [3.05, 3.63) is 100 Å². The minimum Gasteiger partial charge on any atom is -0.311 e. The van der Waals surface area contributed by atoms with Gasteiger partial charge < -0.3 is 5.73 Å². The number of Topliss-reactive ketones (excluding diaryl/α,β-unsaturated/α-hetero) is 1. The van der Waals surface area contributed by atoms with E-state index < -0.39 is 22.2 Å². The number of amides is 1. The van der Waals surface area contributed by atoms with Gasteiger partial charge in [-0.25, -0.2) is 0 Å². The molecule has 0 radical (unpaired) electrons. The summed E-state index contributed by atoms with van der Waals surface area (Å²) >= 11 is 0. The number of benzene rings is 3. The number of rotatable bonds is 4. The van der Waals surface area contributed by atoms with Gasteiger partial charge in [-0.05, 0) is 48.7 Å². The van der Waals surface area contributed by atoms with E-state index in [1.165, 1.54) is 29.2 Å². The zero-order valence-corrected chi connectivity index (χ0v) is 16.0. The predicted octanol–water partition coefficient (Wildman–Crippen LogP) is 3.79. The van der Waals surface area contributed by atoms with Crippen molar-refractivity contribution in [2.24, 2.45) is 5.73 Å². The van der Waals surface area contributed by atoms with Gasteiger partial charge in [-0.3, -0.25) is 24.6 Å². The largest absolute Gasteiger partial charge is 0.311 e. The molecule has 0 spiro atoms. The second kappa shape index (κ2) is 7.53. The van der Waals surface area contributed by atoms with Crippen LogP contribution >= 0.6 is 0 Å². The predicted molar refractivity (Wildman–Crippen MR) is 113 cm³/mol. The second-order valence-corrected chi connectivity index (χ2v) is 7.21. The van der Waals surface area contributed by atoms with Gasteiger partial charge in [-0.15, -0.1) is 0 Å². The van der Waals surface area contributed by atoms with Crippen molar-refractivity contribution in [3.8, 4) is 0 Å². The topological polar surface area (TPSA) is 107 Å². The number of nitrogens with two attached hydrogens (primary N) is 1. The molecule has 0 saturated carbocycles. The van der Waals surface area contributed by atoms with E-state index in [1.54, 1.807) is 12.1 Å². The minimum absolute atomic E-state index is 0.127. The summed E-state index contributed by atoms with van der Waals surface area (Å²) in [5.41, 5.74) is 6.96. The lowest BCUT2D eigenvalue weighted by Crippen LogP contribution is -2.59. The molecular weight excluding hydrogens is 382 g/mol. The molecule has 4 rings (SSSR count).